The van der Waals surface area contributed by atoms with Crippen LogP contribution in [-0.2, 0) is 23.4 Å². The van der Waals surface area contributed by atoms with Crippen molar-refractivity contribution < 1.29 is 27.9 Å². The van der Waals surface area contributed by atoms with Crippen molar-refractivity contribution in [3.63, 3.8) is 0 Å². The summed E-state index contributed by atoms with van der Waals surface area (Å²) in [6, 6.07) is 6.36. The van der Waals surface area contributed by atoms with Gasteiger partial charge < -0.3 is 14.0 Å². The molecule has 1 aliphatic rings. The fourth-order valence-corrected chi connectivity index (χ4v) is 5.03. The number of carbonyl (C=O) groups is 1. The van der Waals surface area contributed by atoms with Crippen LogP contribution in [0, 0.1) is 6.92 Å². The van der Waals surface area contributed by atoms with E-state index in [1.165, 1.54) is 24.6 Å². The molecule has 0 spiro atoms. The number of H-pyrrole nitrogens is 1. The number of benzene rings is 1. The second kappa shape index (κ2) is 12.2. The number of carbonyl (C=O) groups excluding carboxylic acids is 1. The van der Waals surface area contributed by atoms with Gasteiger partial charge in [-0.25, -0.2) is 9.36 Å². The Morgan fingerprint density at radius 2 is 2.03 bits per heavy atom. The molecule has 0 amide bonds. The Bertz CT molecular complexity index is 1310. The summed E-state index contributed by atoms with van der Waals surface area (Å²) in [5, 5.41) is 6.29. The minimum atomic E-state index is -4.19. The summed E-state index contributed by atoms with van der Waals surface area (Å²) in [4.78, 5) is 41.4. The molecular weight excluding hydrogens is 507 g/mol. The number of azide groups is 1. The van der Waals surface area contributed by atoms with Crippen LogP contribution in [0.4, 0.5) is 0 Å². The topological polar surface area (TPSA) is 187 Å². The summed E-state index contributed by atoms with van der Waals surface area (Å²) in [6.07, 6.45) is -0.755. The van der Waals surface area contributed by atoms with Crippen LogP contribution in [0.1, 0.15) is 39.0 Å². The van der Waals surface area contributed by atoms with Crippen LogP contribution in [-0.4, -0.2) is 46.4 Å². The first kappa shape index (κ1) is 28.2. The van der Waals surface area contributed by atoms with Crippen molar-refractivity contribution in [2.45, 2.75) is 64.6 Å². The van der Waals surface area contributed by atoms with Crippen molar-refractivity contribution in [3.8, 4) is 5.75 Å². The molecule has 1 unspecified atom stereocenters. The number of aryl methyl sites for hydroxylation is 1. The molecule has 2 aromatic rings. The van der Waals surface area contributed by atoms with Gasteiger partial charge in [-0.3, -0.25) is 23.7 Å². The van der Waals surface area contributed by atoms with E-state index in [1.54, 1.807) is 44.2 Å². The summed E-state index contributed by atoms with van der Waals surface area (Å²) >= 11 is 0. The van der Waals surface area contributed by atoms with Gasteiger partial charge in [0.2, 0.25) is 0 Å². The molecule has 200 valence electrons. The maximum absolute atomic E-state index is 13.7. The van der Waals surface area contributed by atoms with Crippen LogP contribution < -0.4 is 20.9 Å². The van der Waals surface area contributed by atoms with Crippen molar-refractivity contribution in [1.82, 2.24) is 14.6 Å². The van der Waals surface area contributed by atoms with Gasteiger partial charge in [0.05, 0.1) is 24.9 Å². The molecule has 14 nitrogen and oxygen atoms in total. The number of aromatic nitrogens is 2. The van der Waals surface area contributed by atoms with Crippen molar-refractivity contribution in [1.29, 1.82) is 0 Å². The number of hydrogen-bond acceptors (Lipinski definition) is 9. The van der Waals surface area contributed by atoms with Gasteiger partial charge in [0, 0.05) is 23.1 Å². The molecule has 15 heteroatoms. The van der Waals surface area contributed by atoms with Gasteiger partial charge in [0.25, 0.3) is 5.56 Å². The molecular formula is C22H29N6O8P. The van der Waals surface area contributed by atoms with Crippen LogP contribution in [0.5, 0.6) is 5.75 Å². The summed E-state index contributed by atoms with van der Waals surface area (Å²) in [5.74, 6) is -0.442. The lowest BCUT2D eigenvalue weighted by molar-refractivity contribution is -0.149. The summed E-state index contributed by atoms with van der Waals surface area (Å²) < 4.78 is 37.1. The van der Waals surface area contributed by atoms with Gasteiger partial charge in [-0.2, -0.15) is 5.09 Å². The summed E-state index contributed by atoms with van der Waals surface area (Å²) in [6.45, 7) is 5.97. The Labute approximate surface area is 212 Å². The first-order valence-electron chi connectivity index (χ1n) is 11.5. The minimum Gasteiger partial charge on any atom is -0.462 e. The van der Waals surface area contributed by atoms with E-state index in [2.05, 4.69) is 20.1 Å². The molecule has 5 atom stereocenters. The Kier molecular flexibility index (Phi) is 9.30. The second-order valence-electron chi connectivity index (χ2n) is 8.65. The lowest BCUT2D eigenvalue weighted by Gasteiger charge is -2.25. The Balaban J connectivity index is 1.80. The van der Waals surface area contributed by atoms with Gasteiger partial charge in [-0.1, -0.05) is 23.3 Å². The molecule has 2 heterocycles. The first-order chi connectivity index (χ1) is 17.5. The molecule has 1 saturated heterocycles. The molecule has 0 saturated carbocycles. The molecule has 1 aromatic carbocycles. The van der Waals surface area contributed by atoms with Crippen molar-refractivity contribution >= 4 is 13.7 Å². The highest BCUT2D eigenvalue weighted by atomic mass is 31.2. The average Bonchev–Trinajstić information content (AvgIpc) is 3.23. The summed E-state index contributed by atoms with van der Waals surface area (Å²) in [7, 11) is -4.19. The van der Waals surface area contributed by atoms with E-state index in [-0.39, 0.29) is 30.4 Å². The Morgan fingerprint density at radius 1 is 1.32 bits per heavy atom. The lowest BCUT2D eigenvalue weighted by Crippen LogP contribution is -2.37. The normalized spacial score (nSPS) is 21.6. The van der Waals surface area contributed by atoms with Crippen molar-refractivity contribution in [2.24, 2.45) is 5.11 Å². The highest BCUT2D eigenvalue weighted by Gasteiger charge is 2.40. The number of esters is 1. The fraction of sp³-hybridized carbons (Fsp3) is 0.500. The quantitative estimate of drug-likeness (QED) is 0.143. The largest absolute Gasteiger partial charge is 0.462 e. The SMILES string of the molecule is Cc1cn([C@H]2C[C@@H](N=[N+]=[N-])[C@@H](COP(=O)(N[C@@H](C)C(=O)OC(C)C)Oc3ccccc3)O2)c(=O)[nH]c1=O. The van der Waals surface area contributed by atoms with E-state index >= 15 is 0 Å². The number of hydrogen-bond donors (Lipinski definition) is 2. The number of nitrogens with zero attached hydrogens (tertiary/aromatic N) is 4. The van der Waals surface area contributed by atoms with Crippen molar-refractivity contribution in [2.75, 3.05) is 6.61 Å². The van der Waals surface area contributed by atoms with Gasteiger partial charge in [0.1, 0.15) is 18.0 Å². The molecule has 37 heavy (non-hydrogen) atoms. The second-order valence-corrected chi connectivity index (χ2v) is 10.3. The Hall–Kier alpha value is -3.41. The molecule has 1 aromatic heterocycles. The number of para-hydroxylation sites is 1. The first-order valence-corrected chi connectivity index (χ1v) is 13.0. The van der Waals surface area contributed by atoms with Crippen molar-refractivity contribution in [3.05, 3.63) is 73.4 Å². The van der Waals surface area contributed by atoms with E-state index in [0.29, 0.717) is 0 Å². The van der Waals surface area contributed by atoms with Gasteiger partial charge >= 0.3 is 19.4 Å². The standard InChI is InChI=1S/C22H29N6O8P/c1-13(2)34-21(30)15(4)26-37(32,36-16-8-6-5-7-9-16)33-12-18-17(25-27-23)10-19(35-18)28-11-14(3)20(29)24-22(28)31/h5-9,11,13,15,17-19H,10,12H2,1-4H3,(H,26,32)(H,24,29,31)/t15-,17+,18+,19+,37?/m0/s1. The monoisotopic (exact) mass is 536 g/mol. The zero-order valence-electron chi connectivity index (χ0n) is 20.8. The molecule has 1 fully saturated rings. The predicted molar refractivity (Wildman–Crippen MR) is 132 cm³/mol. The van der Waals surface area contributed by atoms with E-state index in [1.807, 2.05) is 0 Å². The third-order valence-electron chi connectivity index (χ3n) is 5.29. The lowest BCUT2D eigenvalue weighted by atomic mass is 10.1. The molecule has 0 radical (unpaired) electrons. The van der Waals surface area contributed by atoms with E-state index in [9.17, 15) is 18.9 Å². The van der Waals surface area contributed by atoms with Gasteiger partial charge in [0.15, 0.2) is 0 Å². The van der Waals surface area contributed by atoms with Crippen LogP contribution in [0.25, 0.3) is 10.4 Å². The molecule has 0 bridgehead atoms. The number of ether oxygens (including phenoxy) is 2. The molecule has 3 rings (SSSR count). The Morgan fingerprint density at radius 3 is 2.68 bits per heavy atom. The average molecular weight is 536 g/mol. The number of aromatic amines is 1. The maximum Gasteiger partial charge on any atom is 0.459 e. The highest BCUT2D eigenvalue weighted by molar-refractivity contribution is 7.52. The van der Waals surface area contributed by atoms with Crippen LogP contribution >= 0.6 is 7.75 Å². The maximum atomic E-state index is 13.7. The van der Waals surface area contributed by atoms with E-state index in [4.69, 9.17) is 24.1 Å². The molecule has 0 aliphatic carbocycles. The summed E-state index contributed by atoms with van der Waals surface area (Å²) in [5.41, 5.74) is 8.08. The zero-order valence-corrected chi connectivity index (χ0v) is 21.7. The zero-order chi connectivity index (χ0) is 27.2. The third-order valence-corrected chi connectivity index (χ3v) is 6.94. The molecule has 1 aliphatic heterocycles. The van der Waals surface area contributed by atoms with Crippen LogP contribution in [0.3, 0.4) is 0 Å². The van der Waals surface area contributed by atoms with Crippen LogP contribution in [0.15, 0.2) is 51.2 Å². The van der Waals surface area contributed by atoms with Gasteiger partial charge in [-0.15, -0.1) is 0 Å². The smallest absolute Gasteiger partial charge is 0.459 e. The highest BCUT2D eigenvalue weighted by Crippen LogP contribution is 2.46. The van der Waals surface area contributed by atoms with Gasteiger partial charge in [-0.05, 0) is 45.4 Å². The van der Waals surface area contributed by atoms with E-state index < -0.39 is 49.4 Å². The minimum absolute atomic E-state index is 0.0951. The third kappa shape index (κ3) is 7.54. The number of rotatable bonds is 11. The predicted octanol–water partition coefficient (Wildman–Crippen LogP) is 2.94. The van der Waals surface area contributed by atoms with E-state index in [0.717, 1.165) is 0 Å². The van der Waals surface area contributed by atoms with Crippen LogP contribution in [0.2, 0.25) is 0 Å². The molecule has 2 N–H and O–H groups in total. The fourth-order valence-electron chi connectivity index (χ4n) is 3.53. The number of nitrogens with one attached hydrogen (secondary N) is 2.